The first kappa shape index (κ1) is 13.1. The van der Waals surface area contributed by atoms with Crippen LogP contribution in [0, 0.1) is 13.8 Å². The second-order valence-electron chi connectivity index (χ2n) is 4.77. The molecule has 0 aliphatic heterocycles. The molecule has 3 nitrogen and oxygen atoms in total. The van der Waals surface area contributed by atoms with Gasteiger partial charge in [0.1, 0.15) is 0 Å². The van der Waals surface area contributed by atoms with Crippen molar-refractivity contribution in [1.29, 1.82) is 0 Å². The van der Waals surface area contributed by atoms with Crippen LogP contribution in [0.5, 0.6) is 0 Å². The van der Waals surface area contributed by atoms with Gasteiger partial charge in [-0.15, -0.1) is 0 Å². The Balaban J connectivity index is 2.56. The van der Waals surface area contributed by atoms with Gasteiger partial charge in [0, 0.05) is 11.3 Å². The lowest BCUT2D eigenvalue weighted by Gasteiger charge is -2.13. The normalized spacial score (nSPS) is 10.4. The standard InChI is InChI=1S/C16H17NO2/c1-10-6-7-11(2)14(8-10)13-5-3-4-12(16(13)17)9-15(18)19/h3-8H,9,17H2,1-2H3,(H,18,19). The third-order valence-electron chi connectivity index (χ3n) is 3.22. The Morgan fingerprint density at radius 3 is 2.58 bits per heavy atom. The lowest BCUT2D eigenvalue weighted by atomic mass is 9.94. The van der Waals surface area contributed by atoms with Crippen molar-refractivity contribution in [3.05, 3.63) is 53.1 Å². The molecular formula is C16H17NO2. The lowest BCUT2D eigenvalue weighted by Crippen LogP contribution is -2.05. The Labute approximate surface area is 112 Å². The van der Waals surface area contributed by atoms with E-state index in [9.17, 15) is 4.79 Å². The number of nitrogen functional groups attached to an aromatic ring is 1. The fourth-order valence-corrected chi connectivity index (χ4v) is 2.19. The molecular weight excluding hydrogens is 238 g/mol. The second-order valence-corrected chi connectivity index (χ2v) is 4.77. The number of aliphatic carboxylic acids is 1. The molecule has 19 heavy (non-hydrogen) atoms. The molecule has 0 saturated heterocycles. The molecule has 0 aliphatic carbocycles. The van der Waals surface area contributed by atoms with Crippen LogP contribution >= 0.6 is 0 Å². The van der Waals surface area contributed by atoms with Crippen LogP contribution in [-0.2, 0) is 11.2 Å². The van der Waals surface area contributed by atoms with E-state index in [1.165, 1.54) is 0 Å². The number of anilines is 1. The van der Waals surface area contributed by atoms with Gasteiger partial charge < -0.3 is 10.8 Å². The van der Waals surface area contributed by atoms with Crippen LogP contribution in [0.25, 0.3) is 11.1 Å². The fraction of sp³-hybridized carbons (Fsp3) is 0.188. The van der Waals surface area contributed by atoms with Gasteiger partial charge in [0.2, 0.25) is 0 Å². The van der Waals surface area contributed by atoms with Crippen LogP contribution in [0.3, 0.4) is 0 Å². The predicted octanol–water partition coefficient (Wildman–Crippen LogP) is 3.18. The number of carboxylic acid groups (broad SMARTS) is 1. The van der Waals surface area contributed by atoms with Crippen LogP contribution < -0.4 is 5.73 Å². The number of para-hydroxylation sites is 1. The average molecular weight is 255 g/mol. The SMILES string of the molecule is Cc1ccc(C)c(-c2cccc(CC(=O)O)c2N)c1. The highest BCUT2D eigenvalue weighted by atomic mass is 16.4. The van der Waals surface area contributed by atoms with Crippen molar-refractivity contribution in [2.24, 2.45) is 0 Å². The first-order chi connectivity index (χ1) is 8.99. The van der Waals surface area contributed by atoms with Crippen LogP contribution in [0.1, 0.15) is 16.7 Å². The van der Waals surface area contributed by atoms with Crippen LogP contribution in [0.15, 0.2) is 36.4 Å². The quantitative estimate of drug-likeness (QED) is 0.828. The maximum atomic E-state index is 10.8. The van der Waals surface area contributed by atoms with E-state index in [1.54, 1.807) is 6.07 Å². The molecule has 0 radical (unpaired) electrons. The lowest BCUT2D eigenvalue weighted by molar-refractivity contribution is -0.136. The number of benzene rings is 2. The van der Waals surface area contributed by atoms with E-state index in [-0.39, 0.29) is 6.42 Å². The highest BCUT2D eigenvalue weighted by Gasteiger charge is 2.11. The van der Waals surface area contributed by atoms with Crippen LogP contribution in [0.4, 0.5) is 5.69 Å². The zero-order valence-corrected chi connectivity index (χ0v) is 11.1. The molecule has 0 unspecified atom stereocenters. The minimum Gasteiger partial charge on any atom is -0.481 e. The molecule has 0 heterocycles. The van der Waals surface area contributed by atoms with Crippen molar-refractivity contribution >= 4 is 11.7 Å². The van der Waals surface area contributed by atoms with Gasteiger partial charge in [0.05, 0.1) is 6.42 Å². The van der Waals surface area contributed by atoms with Gasteiger partial charge in [-0.05, 0) is 30.5 Å². The van der Waals surface area contributed by atoms with Gasteiger partial charge >= 0.3 is 5.97 Å². The zero-order chi connectivity index (χ0) is 14.0. The average Bonchev–Trinajstić information content (AvgIpc) is 2.35. The van der Waals surface area contributed by atoms with E-state index in [0.29, 0.717) is 11.3 Å². The van der Waals surface area contributed by atoms with E-state index in [1.807, 2.05) is 32.0 Å². The molecule has 0 atom stereocenters. The Morgan fingerprint density at radius 1 is 1.16 bits per heavy atom. The Morgan fingerprint density at radius 2 is 1.89 bits per heavy atom. The molecule has 0 amide bonds. The number of hydrogen-bond donors (Lipinski definition) is 2. The summed E-state index contributed by atoms with van der Waals surface area (Å²) in [5.41, 5.74) is 11.6. The molecule has 3 heteroatoms. The van der Waals surface area contributed by atoms with Crippen LogP contribution in [0.2, 0.25) is 0 Å². The van der Waals surface area contributed by atoms with Crippen LogP contribution in [-0.4, -0.2) is 11.1 Å². The topological polar surface area (TPSA) is 63.3 Å². The van der Waals surface area contributed by atoms with Crippen molar-refractivity contribution in [1.82, 2.24) is 0 Å². The van der Waals surface area contributed by atoms with E-state index < -0.39 is 5.97 Å². The number of hydrogen-bond acceptors (Lipinski definition) is 2. The molecule has 2 aromatic rings. The minimum atomic E-state index is -0.871. The van der Waals surface area contributed by atoms with E-state index >= 15 is 0 Å². The van der Waals surface area contributed by atoms with E-state index in [2.05, 4.69) is 12.1 Å². The Hall–Kier alpha value is -2.29. The summed E-state index contributed by atoms with van der Waals surface area (Å²) < 4.78 is 0. The predicted molar refractivity (Wildman–Crippen MR) is 77.1 cm³/mol. The molecule has 0 spiro atoms. The fourth-order valence-electron chi connectivity index (χ4n) is 2.19. The second kappa shape index (κ2) is 5.14. The third kappa shape index (κ3) is 2.76. The largest absolute Gasteiger partial charge is 0.481 e. The summed E-state index contributed by atoms with van der Waals surface area (Å²) in [6.45, 7) is 4.05. The minimum absolute atomic E-state index is 0.0511. The number of carboxylic acids is 1. The summed E-state index contributed by atoms with van der Waals surface area (Å²) in [5, 5.41) is 8.90. The smallest absolute Gasteiger partial charge is 0.307 e. The number of carbonyl (C=O) groups is 1. The molecule has 2 rings (SSSR count). The molecule has 0 fully saturated rings. The van der Waals surface area contributed by atoms with Crippen molar-refractivity contribution in [3.8, 4) is 11.1 Å². The van der Waals surface area contributed by atoms with E-state index in [4.69, 9.17) is 10.8 Å². The van der Waals surface area contributed by atoms with Gasteiger partial charge in [-0.1, -0.05) is 42.0 Å². The summed E-state index contributed by atoms with van der Waals surface area (Å²) >= 11 is 0. The Kier molecular flexibility index (Phi) is 3.56. The van der Waals surface area contributed by atoms with Gasteiger partial charge in [0.25, 0.3) is 0 Å². The molecule has 3 N–H and O–H groups in total. The molecule has 98 valence electrons. The van der Waals surface area contributed by atoms with Gasteiger partial charge in [-0.25, -0.2) is 0 Å². The zero-order valence-electron chi connectivity index (χ0n) is 11.1. The number of rotatable bonds is 3. The van der Waals surface area contributed by atoms with Gasteiger partial charge in [-0.3, -0.25) is 4.79 Å². The molecule has 0 saturated carbocycles. The molecule has 0 aliphatic rings. The van der Waals surface area contributed by atoms with Crippen molar-refractivity contribution < 1.29 is 9.90 Å². The first-order valence-corrected chi connectivity index (χ1v) is 6.16. The first-order valence-electron chi connectivity index (χ1n) is 6.16. The maximum Gasteiger partial charge on any atom is 0.307 e. The molecule has 0 bridgehead atoms. The van der Waals surface area contributed by atoms with Gasteiger partial charge in [-0.2, -0.15) is 0 Å². The highest BCUT2D eigenvalue weighted by Crippen LogP contribution is 2.31. The summed E-state index contributed by atoms with van der Waals surface area (Å²) in [7, 11) is 0. The van der Waals surface area contributed by atoms with Gasteiger partial charge in [0.15, 0.2) is 0 Å². The highest BCUT2D eigenvalue weighted by molar-refractivity contribution is 5.83. The van der Waals surface area contributed by atoms with Crippen molar-refractivity contribution in [2.45, 2.75) is 20.3 Å². The molecule has 2 aromatic carbocycles. The summed E-state index contributed by atoms with van der Waals surface area (Å²) in [4.78, 5) is 10.8. The van der Waals surface area contributed by atoms with E-state index in [0.717, 1.165) is 22.3 Å². The summed E-state index contributed by atoms with van der Waals surface area (Å²) in [5.74, 6) is -0.871. The summed E-state index contributed by atoms with van der Waals surface area (Å²) in [6.07, 6.45) is -0.0511. The Bertz CT molecular complexity index is 633. The third-order valence-corrected chi connectivity index (χ3v) is 3.22. The summed E-state index contributed by atoms with van der Waals surface area (Å²) in [6, 6.07) is 11.7. The molecule has 0 aromatic heterocycles. The maximum absolute atomic E-state index is 10.8. The van der Waals surface area contributed by atoms with Crippen molar-refractivity contribution in [2.75, 3.05) is 5.73 Å². The monoisotopic (exact) mass is 255 g/mol. The number of nitrogens with two attached hydrogens (primary N) is 1. The number of aryl methyl sites for hydroxylation is 2. The van der Waals surface area contributed by atoms with Crippen molar-refractivity contribution in [3.63, 3.8) is 0 Å².